The van der Waals surface area contributed by atoms with E-state index in [0.717, 1.165) is 4.57 Å². The number of nitrogens with zero attached hydrogens (tertiary/aromatic N) is 2. The molecule has 0 amide bonds. The summed E-state index contributed by atoms with van der Waals surface area (Å²) in [7, 11) is 0. The van der Waals surface area contributed by atoms with Gasteiger partial charge in [0.1, 0.15) is 24.7 Å². The molecule has 0 aliphatic carbocycles. The number of nitrogen functional groups attached to an aromatic ring is 1. The first kappa shape index (κ1) is 13.9. The van der Waals surface area contributed by atoms with Gasteiger partial charge in [-0.3, -0.25) is 4.57 Å². The standard InChI is InChI=1S/C10H14FN3O5/c11-3-10(4-15)7(17)6(16)8(19-10)14-2-1-5(12)13-9(14)18/h1-2,6-8,15-17H,3-4H2,(H2,12,13,18)/t6-,7-,8+,10+/m0/s1. The summed E-state index contributed by atoms with van der Waals surface area (Å²) in [6, 6.07) is 1.29. The second-order valence-corrected chi connectivity index (χ2v) is 4.34. The minimum absolute atomic E-state index is 0.0202. The minimum atomic E-state index is -1.95. The quantitative estimate of drug-likeness (QED) is 0.491. The lowest BCUT2D eigenvalue weighted by Gasteiger charge is -2.26. The molecule has 9 heteroatoms. The largest absolute Gasteiger partial charge is 0.393 e. The summed E-state index contributed by atoms with van der Waals surface area (Å²) >= 11 is 0. The van der Waals surface area contributed by atoms with Crippen molar-refractivity contribution in [1.29, 1.82) is 0 Å². The van der Waals surface area contributed by atoms with Crippen LogP contribution in [0, 0.1) is 0 Å². The molecule has 0 aromatic carbocycles. The van der Waals surface area contributed by atoms with Gasteiger partial charge < -0.3 is 25.8 Å². The van der Waals surface area contributed by atoms with Crippen LogP contribution in [0.4, 0.5) is 10.2 Å². The Hall–Kier alpha value is -1.55. The zero-order valence-electron chi connectivity index (χ0n) is 9.81. The van der Waals surface area contributed by atoms with Gasteiger partial charge in [-0.15, -0.1) is 0 Å². The molecular weight excluding hydrogens is 261 g/mol. The molecule has 1 aromatic heterocycles. The molecule has 1 aliphatic rings. The van der Waals surface area contributed by atoms with Crippen LogP contribution < -0.4 is 11.4 Å². The van der Waals surface area contributed by atoms with E-state index in [9.17, 15) is 19.4 Å². The van der Waals surface area contributed by atoms with E-state index >= 15 is 0 Å². The molecule has 2 rings (SSSR count). The SMILES string of the molecule is Nc1ccn([C@@H]2O[C@@](CO)(CF)[C@@H](O)[C@@H]2O)c(=O)n1. The van der Waals surface area contributed by atoms with E-state index in [2.05, 4.69) is 4.98 Å². The fourth-order valence-electron chi connectivity index (χ4n) is 1.97. The van der Waals surface area contributed by atoms with Crippen LogP contribution in [0.2, 0.25) is 0 Å². The molecule has 4 atom stereocenters. The molecule has 0 spiro atoms. The lowest BCUT2D eigenvalue weighted by atomic mass is 9.98. The van der Waals surface area contributed by atoms with E-state index in [1.165, 1.54) is 12.3 Å². The molecule has 0 radical (unpaired) electrons. The number of halogens is 1. The second kappa shape index (κ2) is 4.85. The number of aliphatic hydroxyl groups excluding tert-OH is 3. The molecule has 1 fully saturated rings. The Morgan fingerprint density at radius 1 is 1.58 bits per heavy atom. The number of alkyl halides is 1. The topological polar surface area (TPSA) is 131 Å². The fraction of sp³-hybridized carbons (Fsp3) is 0.600. The maximum Gasteiger partial charge on any atom is 0.351 e. The molecular formula is C10H14FN3O5. The van der Waals surface area contributed by atoms with Crippen molar-refractivity contribution in [2.45, 2.75) is 24.0 Å². The van der Waals surface area contributed by atoms with E-state index in [0.29, 0.717) is 0 Å². The monoisotopic (exact) mass is 275 g/mol. The van der Waals surface area contributed by atoms with E-state index in [4.69, 9.17) is 15.6 Å². The Bertz CT molecular complexity index is 518. The highest BCUT2D eigenvalue weighted by Crippen LogP contribution is 2.36. The summed E-state index contributed by atoms with van der Waals surface area (Å²) in [4.78, 5) is 15.0. The highest BCUT2D eigenvalue weighted by Gasteiger charge is 2.55. The van der Waals surface area contributed by atoms with Gasteiger partial charge in [0.25, 0.3) is 0 Å². The number of anilines is 1. The normalized spacial score (nSPS) is 34.6. The van der Waals surface area contributed by atoms with E-state index < -0.39 is 43.0 Å². The molecule has 1 aliphatic heterocycles. The average Bonchev–Trinajstić information content (AvgIpc) is 2.64. The molecule has 0 bridgehead atoms. The number of hydrogen-bond acceptors (Lipinski definition) is 7. The molecule has 1 saturated heterocycles. The summed E-state index contributed by atoms with van der Waals surface area (Å²) in [6.45, 7) is -2.05. The summed E-state index contributed by atoms with van der Waals surface area (Å²) in [5.41, 5.74) is 2.55. The predicted octanol–water partition coefficient (Wildman–Crippen LogP) is -2.22. The Kier molecular flexibility index (Phi) is 3.54. The van der Waals surface area contributed by atoms with Gasteiger partial charge in [-0.05, 0) is 6.07 Å². The highest BCUT2D eigenvalue weighted by atomic mass is 19.1. The van der Waals surface area contributed by atoms with E-state index in [1.54, 1.807) is 0 Å². The number of ether oxygens (including phenoxy) is 1. The summed E-state index contributed by atoms with van der Waals surface area (Å²) in [5, 5.41) is 28.7. The Morgan fingerprint density at radius 3 is 2.74 bits per heavy atom. The maximum atomic E-state index is 13.0. The van der Waals surface area contributed by atoms with Crippen LogP contribution in [0.5, 0.6) is 0 Å². The fourth-order valence-corrected chi connectivity index (χ4v) is 1.97. The first-order chi connectivity index (χ1) is 8.95. The Labute approximate surface area is 106 Å². The van der Waals surface area contributed by atoms with Gasteiger partial charge in [0, 0.05) is 6.20 Å². The van der Waals surface area contributed by atoms with Crippen LogP contribution in [-0.4, -0.2) is 56.0 Å². The minimum Gasteiger partial charge on any atom is -0.393 e. The molecule has 106 valence electrons. The summed E-state index contributed by atoms with van der Waals surface area (Å²) < 4.78 is 19.0. The van der Waals surface area contributed by atoms with Crippen LogP contribution in [0.25, 0.3) is 0 Å². The lowest BCUT2D eigenvalue weighted by molar-refractivity contribution is -0.138. The summed E-state index contributed by atoms with van der Waals surface area (Å²) in [5.74, 6) is -0.0202. The van der Waals surface area contributed by atoms with Gasteiger partial charge in [0.05, 0.1) is 6.61 Å². The zero-order valence-corrected chi connectivity index (χ0v) is 9.81. The third-order valence-corrected chi connectivity index (χ3v) is 3.13. The van der Waals surface area contributed by atoms with E-state index in [-0.39, 0.29) is 5.82 Å². The average molecular weight is 275 g/mol. The molecule has 8 nitrogen and oxygen atoms in total. The number of aliphatic hydroxyl groups is 3. The predicted molar refractivity (Wildman–Crippen MR) is 60.8 cm³/mol. The van der Waals surface area contributed by atoms with Crippen molar-refractivity contribution in [2.75, 3.05) is 19.0 Å². The number of nitrogens with two attached hydrogens (primary N) is 1. The summed E-state index contributed by atoms with van der Waals surface area (Å²) in [6.07, 6.45) is -3.39. The van der Waals surface area contributed by atoms with Crippen molar-refractivity contribution in [3.63, 3.8) is 0 Å². The third-order valence-electron chi connectivity index (χ3n) is 3.13. The van der Waals surface area contributed by atoms with E-state index in [1.807, 2.05) is 0 Å². The molecule has 0 saturated carbocycles. The zero-order chi connectivity index (χ0) is 14.2. The van der Waals surface area contributed by atoms with Crippen LogP contribution in [0.1, 0.15) is 6.23 Å². The van der Waals surface area contributed by atoms with Crippen LogP contribution in [-0.2, 0) is 4.74 Å². The smallest absolute Gasteiger partial charge is 0.351 e. The van der Waals surface area contributed by atoms with Gasteiger partial charge in [0.15, 0.2) is 11.8 Å². The van der Waals surface area contributed by atoms with Gasteiger partial charge in [0.2, 0.25) is 0 Å². The van der Waals surface area contributed by atoms with Crippen LogP contribution in [0.3, 0.4) is 0 Å². The highest BCUT2D eigenvalue weighted by molar-refractivity contribution is 5.23. The molecule has 5 N–H and O–H groups in total. The van der Waals surface area contributed by atoms with Crippen molar-refractivity contribution in [3.05, 3.63) is 22.7 Å². The molecule has 2 heterocycles. The van der Waals surface area contributed by atoms with Crippen LogP contribution >= 0.6 is 0 Å². The van der Waals surface area contributed by atoms with Gasteiger partial charge >= 0.3 is 5.69 Å². The van der Waals surface area contributed by atoms with Gasteiger partial charge in [-0.1, -0.05) is 0 Å². The maximum absolute atomic E-state index is 13.0. The third kappa shape index (κ3) is 2.10. The molecule has 1 aromatic rings. The number of rotatable bonds is 3. The number of hydrogen-bond donors (Lipinski definition) is 4. The van der Waals surface area contributed by atoms with Crippen molar-refractivity contribution < 1.29 is 24.4 Å². The van der Waals surface area contributed by atoms with Crippen molar-refractivity contribution >= 4 is 5.82 Å². The van der Waals surface area contributed by atoms with Crippen molar-refractivity contribution in [1.82, 2.24) is 9.55 Å². The molecule has 19 heavy (non-hydrogen) atoms. The first-order valence-corrected chi connectivity index (χ1v) is 5.50. The first-order valence-electron chi connectivity index (χ1n) is 5.50. The van der Waals surface area contributed by atoms with Crippen LogP contribution in [0.15, 0.2) is 17.1 Å². The van der Waals surface area contributed by atoms with Crippen molar-refractivity contribution in [2.24, 2.45) is 0 Å². The van der Waals surface area contributed by atoms with Crippen molar-refractivity contribution in [3.8, 4) is 0 Å². The number of aromatic nitrogens is 2. The van der Waals surface area contributed by atoms with Gasteiger partial charge in [-0.25, -0.2) is 9.18 Å². The Morgan fingerprint density at radius 2 is 2.26 bits per heavy atom. The second-order valence-electron chi connectivity index (χ2n) is 4.34. The molecule has 0 unspecified atom stereocenters. The Balaban J connectivity index is 2.39. The van der Waals surface area contributed by atoms with Gasteiger partial charge in [-0.2, -0.15) is 4.98 Å². The lowest BCUT2D eigenvalue weighted by Crippen LogP contribution is -2.48.